The van der Waals surface area contributed by atoms with Gasteiger partial charge in [-0.25, -0.2) is 0 Å². The van der Waals surface area contributed by atoms with Crippen molar-refractivity contribution >= 4 is 5.97 Å². The lowest BCUT2D eigenvalue weighted by Crippen LogP contribution is -2.08. The standard InChI is InChI=1S/C19H38O3/c1-3-5-7-9-13-17-22-19(21)16-12-11-15-18(20)14-10-8-6-4-2/h18,20H,3-17H2,1-2H3. The second kappa shape index (κ2) is 16.8. The highest BCUT2D eigenvalue weighted by Gasteiger charge is 2.06. The second-order valence-corrected chi connectivity index (χ2v) is 6.38. The molecule has 0 aromatic heterocycles. The van der Waals surface area contributed by atoms with Gasteiger partial charge in [0.15, 0.2) is 0 Å². The van der Waals surface area contributed by atoms with Crippen LogP contribution < -0.4 is 0 Å². The first-order valence-electron chi connectivity index (χ1n) is 9.54. The summed E-state index contributed by atoms with van der Waals surface area (Å²) >= 11 is 0. The van der Waals surface area contributed by atoms with Crippen LogP contribution in [0.2, 0.25) is 0 Å². The number of ether oxygens (including phenoxy) is 1. The molecular formula is C19H38O3. The Labute approximate surface area is 137 Å². The third-order valence-corrected chi connectivity index (χ3v) is 4.07. The summed E-state index contributed by atoms with van der Waals surface area (Å²) in [6.45, 7) is 4.96. The van der Waals surface area contributed by atoms with Crippen LogP contribution in [-0.2, 0) is 9.53 Å². The van der Waals surface area contributed by atoms with Crippen LogP contribution in [0.1, 0.15) is 104 Å². The van der Waals surface area contributed by atoms with Gasteiger partial charge >= 0.3 is 5.97 Å². The minimum absolute atomic E-state index is 0.0760. The van der Waals surface area contributed by atoms with E-state index < -0.39 is 0 Å². The highest BCUT2D eigenvalue weighted by molar-refractivity contribution is 5.69. The van der Waals surface area contributed by atoms with Crippen LogP contribution in [0.5, 0.6) is 0 Å². The summed E-state index contributed by atoms with van der Waals surface area (Å²) in [6, 6.07) is 0. The van der Waals surface area contributed by atoms with E-state index in [0.29, 0.717) is 13.0 Å². The van der Waals surface area contributed by atoms with Gasteiger partial charge in [-0.3, -0.25) is 4.79 Å². The third kappa shape index (κ3) is 15.8. The molecule has 0 radical (unpaired) electrons. The molecule has 3 nitrogen and oxygen atoms in total. The van der Waals surface area contributed by atoms with Gasteiger partial charge in [-0.1, -0.05) is 71.6 Å². The van der Waals surface area contributed by atoms with Crippen molar-refractivity contribution in [3.63, 3.8) is 0 Å². The minimum atomic E-state index is -0.188. The molecule has 1 N–H and O–H groups in total. The average molecular weight is 315 g/mol. The summed E-state index contributed by atoms with van der Waals surface area (Å²) in [7, 11) is 0. The molecule has 0 heterocycles. The molecule has 0 aromatic carbocycles. The second-order valence-electron chi connectivity index (χ2n) is 6.38. The molecule has 0 rings (SSSR count). The summed E-state index contributed by atoms with van der Waals surface area (Å²) in [5.41, 5.74) is 0. The molecule has 1 atom stereocenters. The summed E-state index contributed by atoms with van der Waals surface area (Å²) in [5, 5.41) is 9.84. The summed E-state index contributed by atoms with van der Waals surface area (Å²) in [6.07, 6.45) is 14.5. The number of esters is 1. The Balaban J connectivity index is 3.30. The van der Waals surface area contributed by atoms with Crippen molar-refractivity contribution in [1.82, 2.24) is 0 Å². The molecular weight excluding hydrogens is 276 g/mol. The number of carbonyl (C=O) groups excluding carboxylic acids is 1. The minimum Gasteiger partial charge on any atom is -0.466 e. The van der Waals surface area contributed by atoms with Crippen LogP contribution in [0.15, 0.2) is 0 Å². The van der Waals surface area contributed by atoms with Crippen LogP contribution >= 0.6 is 0 Å². The molecule has 0 bridgehead atoms. The van der Waals surface area contributed by atoms with Crippen LogP contribution in [0, 0.1) is 0 Å². The first-order valence-corrected chi connectivity index (χ1v) is 9.54. The van der Waals surface area contributed by atoms with E-state index in [9.17, 15) is 9.90 Å². The van der Waals surface area contributed by atoms with Gasteiger partial charge in [-0.2, -0.15) is 0 Å². The number of unbranched alkanes of at least 4 members (excludes halogenated alkanes) is 8. The van der Waals surface area contributed by atoms with Gasteiger partial charge in [0.1, 0.15) is 0 Å². The van der Waals surface area contributed by atoms with Crippen molar-refractivity contribution in [3.05, 3.63) is 0 Å². The largest absolute Gasteiger partial charge is 0.466 e. The molecule has 22 heavy (non-hydrogen) atoms. The maximum atomic E-state index is 11.5. The lowest BCUT2D eigenvalue weighted by molar-refractivity contribution is -0.143. The van der Waals surface area contributed by atoms with Crippen LogP contribution in [-0.4, -0.2) is 23.8 Å². The molecule has 0 spiro atoms. The molecule has 0 saturated carbocycles. The monoisotopic (exact) mass is 314 g/mol. The zero-order valence-electron chi connectivity index (χ0n) is 14.9. The van der Waals surface area contributed by atoms with Gasteiger partial charge in [0.05, 0.1) is 12.7 Å². The zero-order chi connectivity index (χ0) is 16.5. The van der Waals surface area contributed by atoms with E-state index in [1.807, 2.05) is 0 Å². The van der Waals surface area contributed by atoms with Crippen molar-refractivity contribution in [2.24, 2.45) is 0 Å². The molecule has 132 valence electrons. The van der Waals surface area contributed by atoms with E-state index in [2.05, 4.69) is 13.8 Å². The molecule has 0 fully saturated rings. The molecule has 3 heteroatoms. The molecule has 0 aliphatic carbocycles. The molecule has 1 unspecified atom stereocenters. The quantitative estimate of drug-likeness (QED) is 0.307. The topological polar surface area (TPSA) is 46.5 Å². The van der Waals surface area contributed by atoms with E-state index in [1.165, 1.54) is 38.5 Å². The fraction of sp³-hybridized carbons (Fsp3) is 0.947. The lowest BCUT2D eigenvalue weighted by atomic mass is 10.0. The van der Waals surface area contributed by atoms with E-state index in [4.69, 9.17) is 4.74 Å². The van der Waals surface area contributed by atoms with Crippen molar-refractivity contribution in [2.75, 3.05) is 6.61 Å². The van der Waals surface area contributed by atoms with E-state index in [0.717, 1.165) is 44.9 Å². The fourth-order valence-electron chi connectivity index (χ4n) is 2.56. The number of aliphatic hydroxyl groups is 1. The van der Waals surface area contributed by atoms with Crippen LogP contribution in [0.25, 0.3) is 0 Å². The first kappa shape index (κ1) is 21.4. The number of hydrogen-bond donors (Lipinski definition) is 1. The van der Waals surface area contributed by atoms with Crippen molar-refractivity contribution < 1.29 is 14.6 Å². The van der Waals surface area contributed by atoms with Crippen molar-refractivity contribution in [3.8, 4) is 0 Å². The van der Waals surface area contributed by atoms with E-state index in [1.54, 1.807) is 0 Å². The molecule has 0 aromatic rings. The molecule has 0 aliphatic heterocycles. The van der Waals surface area contributed by atoms with Gasteiger partial charge in [0.2, 0.25) is 0 Å². The van der Waals surface area contributed by atoms with Gasteiger partial charge in [-0.05, 0) is 25.7 Å². The number of aliphatic hydroxyl groups excluding tert-OH is 1. The van der Waals surface area contributed by atoms with E-state index in [-0.39, 0.29) is 12.1 Å². The third-order valence-electron chi connectivity index (χ3n) is 4.07. The molecule has 0 amide bonds. The predicted molar refractivity (Wildman–Crippen MR) is 93.0 cm³/mol. The van der Waals surface area contributed by atoms with Gasteiger partial charge in [0.25, 0.3) is 0 Å². The first-order chi connectivity index (χ1) is 10.7. The van der Waals surface area contributed by atoms with Gasteiger partial charge in [-0.15, -0.1) is 0 Å². The smallest absolute Gasteiger partial charge is 0.305 e. The number of rotatable bonds is 16. The predicted octanol–water partition coefficient (Wildman–Crippen LogP) is 5.39. The Morgan fingerprint density at radius 2 is 1.36 bits per heavy atom. The van der Waals surface area contributed by atoms with Gasteiger partial charge < -0.3 is 9.84 Å². The fourth-order valence-corrected chi connectivity index (χ4v) is 2.56. The summed E-state index contributed by atoms with van der Waals surface area (Å²) in [4.78, 5) is 11.5. The SMILES string of the molecule is CCCCCCCOC(=O)CCCCC(O)CCCCCC. The highest BCUT2D eigenvalue weighted by Crippen LogP contribution is 2.12. The Morgan fingerprint density at radius 1 is 0.818 bits per heavy atom. The lowest BCUT2D eigenvalue weighted by Gasteiger charge is -2.10. The molecule has 0 saturated heterocycles. The molecule has 0 aliphatic rings. The average Bonchev–Trinajstić information content (AvgIpc) is 2.51. The Morgan fingerprint density at radius 3 is 2.00 bits per heavy atom. The van der Waals surface area contributed by atoms with Crippen molar-refractivity contribution in [1.29, 1.82) is 0 Å². The van der Waals surface area contributed by atoms with Gasteiger partial charge in [0, 0.05) is 6.42 Å². The number of carbonyl (C=O) groups is 1. The maximum Gasteiger partial charge on any atom is 0.305 e. The van der Waals surface area contributed by atoms with Crippen LogP contribution in [0.3, 0.4) is 0 Å². The number of hydrogen-bond acceptors (Lipinski definition) is 3. The Kier molecular flexibility index (Phi) is 16.4. The summed E-state index contributed by atoms with van der Waals surface area (Å²) < 4.78 is 5.22. The summed E-state index contributed by atoms with van der Waals surface area (Å²) in [5.74, 6) is -0.0760. The van der Waals surface area contributed by atoms with Crippen LogP contribution in [0.4, 0.5) is 0 Å². The normalized spacial score (nSPS) is 12.3. The van der Waals surface area contributed by atoms with Crippen molar-refractivity contribution in [2.45, 2.75) is 110 Å². The van der Waals surface area contributed by atoms with E-state index >= 15 is 0 Å². The Hall–Kier alpha value is -0.570. The Bertz CT molecular complexity index is 241. The maximum absolute atomic E-state index is 11.5. The zero-order valence-corrected chi connectivity index (χ0v) is 14.9. The highest BCUT2D eigenvalue weighted by atomic mass is 16.5.